The largest absolute Gasteiger partial charge is 0.505 e. The number of imidazole rings is 1. The van der Waals surface area contributed by atoms with Gasteiger partial charge in [0.05, 0.1) is 17.7 Å². The van der Waals surface area contributed by atoms with E-state index in [0.717, 1.165) is 48.9 Å². The normalized spacial score (nSPS) is 10.8. The molecule has 8 nitrogen and oxygen atoms in total. The van der Waals surface area contributed by atoms with E-state index < -0.39 is 0 Å². The molecule has 5 N–H and O–H groups in total. The molecule has 188 valence electrons. The van der Waals surface area contributed by atoms with E-state index in [2.05, 4.69) is 56.4 Å². The Hall–Kier alpha value is -4.33. The van der Waals surface area contributed by atoms with Crippen LogP contribution in [0.25, 0.3) is 0 Å². The number of anilines is 6. The molecule has 4 aromatic rings. The van der Waals surface area contributed by atoms with Gasteiger partial charge in [0.15, 0.2) is 0 Å². The highest BCUT2D eigenvalue weighted by molar-refractivity contribution is 5.80. The van der Waals surface area contributed by atoms with E-state index in [0.29, 0.717) is 16.9 Å². The van der Waals surface area contributed by atoms with Crippen LogP contribution in [0.3, 0.4) is 0 Å². The molecule has 8 heteroatoms. The summed E-state index contributed by atoms with van der Waals surface area (Å²) in [7, 11) is 0. The first-order valence-electron chi connectivity index (χ1n) is 12.2. The number of phenols is 2. The van der Waals surface area contributed by atoms with Gasteiger partial charge in [-0.25, -0.2) is 4.98 Å². The smallest absolute Gasteiger partial charge is 0.145 e. The molecule has 0 amide bonds. The van der Waals surface area contributed by atoms with Gasteiger partial charge in [0, 0.05) is 66.9 Å². The first-order chi connectivity index (χ1) is 17.5. The average Bonchev–Trinajstić information content (AvgIpc) is 3.42. The Labute approximate surface area is 212 Å². The van der Waals surface area contributed by atoms with Crippen LogP contribution in [0, 0.1) is 6.92 Å². The Kier molecular flexibility index (Phi) is 7.85. The molecule has 0 bridgehead atoms. The van der Waals surface area contributed by atoms with Crippen molar-refractivity contribution in [2.45, 2.75) is 27.3 Å². The number of nitrogens with zero attached hydrogens (tertiary/aromatic N) is 3. The van der Waals surface area contributed by atoms with Gasteiger partial charge in [0.1, 0.15) is 11.5 Å². The van der Waals surface area contributed by atoms with Crippen LogP contribution in [0.5, 0.6) is 11.5 Å². The summed E-state index contributed by atoms with van der Waals surface area (Å²) in [6.45, 7) is 9.36. The maximum absolute atomic E-state index is 10.7. The number of aromatic nitrogens is 2. The molecule has 0 atom stereocenters. The van der Waals surface area contributed by atoms with Crippen LogP contribution < -0.4 is 20.9 Å². The highest BCUT2D eigenvalue weighted by atomic mass is 16.3. The van der Waals surface area contributed by atoms with Gasteiger partial charge in [-0.05, 0) is 75.4 Å². The number of nitrogens with one attached hydrogen (secondary N) is 3. The Morgan fingerprint density at radius 1 is 0.861 bits per heavy atom. The number of aromatic hydroxyl groups is 2. The van der Waals surface area contributed by atoms with Crippen molar-refractivity contribution in [1.82, 2.24) is 9.55 Å². The zero-order valence-corrected chi connectivity index (χ0v) is 21.0. The molecule has 1 heterocycles. The van der Waals surface area contributed by atoms with Gasteiger partial charge < -0.3 is 35.6 Å². The van der Waals surface area contributed by atoms with Crippen LogP contribution in [0.4, 0.5) is 34.1 Å². The second-order valence-corrected chi connectivity index (χ2v) is 8.58. The van der Waals surface area contributed by atoms with E-state index in [1.807, 2.05) is 48.9 Å². The second-order valence-electron chi connectivity index (χ2n) is 8.58. The standard InChI is InChI=1S/C28H34N6O2/c1-4-30-21-6-8-22(9-7-21)31-25-18-26(28(36)20(3)27(25)35)32-23-10-12-24(13-11-23)34(5-2)17-16-33-15-14-29-19-33/h6-15,18-19,30-32,35-36H,4-5,16-17H2,1-3H3. The third kappa shape index (κ3) is 5.83. The lowest BCUT2D eigenvalue weighted by Crippen LogP contribution is -2.26. The van der Waals surface area contributed by atoms with Crippen molar-refractivity contribution in [3.8, 4) is 11.5 Å². The van der Waals surface area contributed by atoms with Gasteiger partial charge in [0.2, 0.25) is 0 Å². The number of phenolic OH excluding ortho intramolecular Hbond substituents is 2. The summed E-state index contributed by atoms with van der Waals surface area (Å²) < 4.78 is 2.07. The summed E-state index contributed by atoms with van der Waals surface area (Å²) in [5, 5.41) is 31.1. The number of hydrogen-bond donors (Lipinski definition) is 5. The van der Waals surface area contributed by atoms with Crippen molar-refractivity contribution in [1.29, 1.82) is 0 Å². The summed E-state index contributed by atoms with van der Waals surface area (Å²) in [4.78, 5) is 6.40. The highest BCUT2D eigenvalue weighted by Crippen LogP contribution is 2.42. The predicted molar refractivity (Wildman–Crippen MR) is 148 cm³/mol. The quantitative estimate of drug-likeness (QED) is 0.130. The van der Waals surface area contributed by atoms with Crippen molar-refractivity contribution in [2.24, 2.45) is 0 Å². The summed E-state index contributed by atoms with van der Waals surface area (Å²) in [6, 6.07) is 17.7. The van der Waals surface area contributed by atoms with Gasteiger partial charge in [-0.15, -0.1) is 0 Å². The lowest BCUT2D eigenvalue weighted by molar-refractivity contribution is 0.446. The van der Waals surface area contributed by atoms with Gasteiger partial charge >= 0.3 is 0 Å². The molecule has 0 saturated heterocycles. The third-order valence-corrected chi connectivity index (χ3v) is 6.13. The predicted octanol–water partition coefficient (Wildman–Crippen LogP) is 6.05. The van der Waals surface area contributed by atoms with Crippen LogP contribution in [0.2, 0.25) is 0 Å². The topological polar surface area (TPSA) is 97.6 Å². The number of rotatable bonds is 11. The van der Waals surface area contributed by atoms with Crippen LogP contribution in [-0.2, 0) is 6.54 Å². The maximum Gasteiger partial charge on any atom is 0.145 e. The fourth-order valence-electron chi connectivity index (χ4n) is 4.05. The molecule has 1 aromatic heterocycles. The minimum Gasteiger partial charge on any atom is -0.505 e. The van der Waals surface area contributed by atoms with Crippen molar-refractivity contribution < 1.29 is 10.2 Å². The van der Waals surface area contributed by atoms with Crippen molar-refractivity contribution >= 4 is 34.1 Å². The Balaban J connectivity index is 1.48. The Morgan fingerprint density at radius 3 is 1.97 bits per heavy atom. The molecule has 0 fully saturated rings. The molecular weight excluding hydrogens is 452 g/mol. The van der Waals surface area contributed by atoms with Gasteiger partial charge in [-0.3, -0.25) is 0 Å². The molecule has 3 aromatic carbocycles. The lowest BCUT2D eigenvalue weighted by atomic mass is 10.1. The fraction of sp³-hybridized carbons (Fsp3) is 0.250. The van der Waals surface area contributed by atoms with E-state index in [1.54, 1.807) is 19.2 Å². The van der Waals surface area contributed by atoms with Gasteiger partial charge in [-0.2, -0.15) is 0 Å². The summed E-state index contributed by atoms with van der Waals surface area (Å²) >= 11 is 0. The molecule has 4 rings (SSSR count). The molecule has 36 heavy (non-hydrogen) atoms. The maximum atomic E-state index is 10.7. The fourth-order valence-corrected chi connectivity index (χ4v) is 4.05. The Morgan fingerprint density at radius 2 is 1.44 bits per heavy atom. The van der Waals surface area contributed by atoms with Crippen LogP contribution in [-0.4, -0.2) is 39.4 Å². The monoisotopic (exact) mass is 486 g/mol. The van der Waals surface area contributed by atoms with Gasteiger partial charge in [0.25, 0.3) is 0 Å². The molecule has 0 spiro atoms. The van der Waals surface area contributed by atoms with Crippen molar-refractivity contribution in [3.63, 3.8) is 0 Å². The molecule has 0 aliphatic rings. The van der Waals surface area contributed by atoms with Crippen LogP contribution in [0.1, 0.15) is 19.4 Å². The molecular formula is C28H34N6O2. The third-order valence-electron chi connectivity index (χ3n) is 6.13. The van der Waals surface area contributed by atoms with Gasteiger partial charge in [-0.1, -0.05) is 0 Å². The van der Waals surface area contributed by atoms with Crippen molar-refractivity contribution in [2.75, 3.05) is 40.5 Å². The average molecular weight is 487 g/mol. The zero-order chi connectivity index (χ0) is 25.5. The first-order valence-corrected chi connectivity index (χ1v) is 12.2. The SMILES string of the molecule is CCNc1ccc(Nc2cc(Nc3ccc(N(CC)CCn4ccnc4)cc3)c(O)c(C)c2O)cc1. The summed E-state index contributed by atoms with van der Waals surface area (Å²) in [6.07, 6.45) is 5.59. The summed E-state index contributed by atoms with van der Waals surface area (Å²) in [5.41, 5.74) is 5.25. The van der Waals surface area contributed by atoms with Crippen LogP contribution >= 0.6 is 0 Å². The summed E-state index contributed by atoms with van der Waals surface area (Å²) in [5.74, 6) is 0.0285. The number of likely N-dealkylation sites (N-methyl/N-ethyl adjacent to an activating group) is 1. The van der Waals surface area contributed by atoms with E-state index >= 15 is 0 Å². The first kappa shape index (κ1) is 24.8. The highest BCUT2D eigenvalue weighted by Gasteiger charge is 2.15. The molecule has 0 radical (unpaired) electrons. The molecule has 0 unspecified atom stereocenters. The minimum absolute atomic E-state index is 0.0140. The van der Waals surface area contributed by atoms with E-state index in [4.69, 9.17) is 0 Å². The second kappa shape index (κ2) is 11.4. The van der Waals surface area contributed by atoms with Crippen molar-refractivity contribution in [3.05, 3.63) is 78.9 Å². The molecule has 0 saturated carbocycles. The molecule has 0 aliphatic carbocycles. The number of benzene rings is 3. The van der Waals surface area contributed by atoms with E-state index in [-0.39, 0.29) is 11.5 Å². The van der Waals surface area contributed by atoms with Crippen LogP contribution in [0.15, 0.2) is 73.3 Å². The molecule has 0 aliphatic heterocycles. The lowest BCUT2D eigenvalue weighted by Gasteiger charge is -2.23. The zero-order valence-electron chi connectivity index (χ0n) is 21.0. The van der Waals surface area contributed by atoms with E-state index in [1.165, 1.54) is 0 Å². The minimum atomic E-state index is 0.0140. The Bertz CT molecular complexity index is 1250. The number of hydrogen-bond acceptors (Lipinski definition) is 7. The van der Waals surface area contributed by atoms with E-state index in [9.17, 15) is 10.2 Å².